The molecule has 0 amide bonds. The lowest BCUT2D eigenvalue weighted by Crippen LogP contribution is -2.29. The van der Waals surface area contributed by atoms with Crippen molar-refractivity contribution in [3.8, 4) is 56.0 Å². The summed E-state index contributed by atoms with van der Waals surface area (Å²) >= 11 is 0. The first-order valence-electron chi connectivity index (χ1n) is 28.5. The van der Waals surface area contributed by atoms with Crippen LogP contribution in [0.4, 0.5) is 17.1 Å². The van der Waals surface area contributed by atoms with Crippen LogP contribution >= 0.6 is 0 Å². The molecule has 5 aliphatic rings. The van der Waals surface area contributed by atoms with Crippen molar-refractivity contribution in [2.24, 2.45) is 0 Å². The fraction of sp³-hybridized carbons (Fsp3) is 0.162. The van der Waals surface area contributed by atoms with E-state index in [2.05, 4.69) is 205 Å². The zero-order valence-corrected chi connectivity index (χ0v) is 43.3. The molecular weight excluding hydrogens is 951 g/mol. The van der Waals surface area contributed by atoms with Gasteiger partial charge < -0.3 is 18.5 Å². The Morgan fingerprint density at radius 1 is 0.308 bits per heavy atom. The van der Waals surface area contributed by atoms with Crippen molar-refractivity contribution in [1.82, 2.24) is 0 Å². The Morgan fingerprint density at radius 3 is 1.19 bits per heavy atom. The molecule has 11 aromatic carbocycles. The number of fused-ring (bicyclic) bond motifs is 22. The topological polar surface area (TPSA) is 38.8 Å². The molecule has 78 heavy (non-hydrogen) atoms. The van der Waals surface area contributed by atoms with E-state index < -0.39 is 0 Å². The van der Waals surface area contributed by atoms with Gasteiger partial charge >= 0.3 is 0 Å². The number of rotatable bonds is 3. The van der Waals surface area contributed by atoms with Crippen LogP contribution in [-0.2, 0) is 10.8 Å². The van der Waals surface area contributed by atoms with Gasteiger partial charge in [0.05, 0.1) is 11.4 Å². The lowest BCUT2D eigenvalue weighted by Gasteiger charge is -2.39. The van der Waals surface area contributed by atoms with E-state index in [4.69, 9.17) is 13.6 Å². The summed E-state index contributed by atoms with van der Waals surface area (Å²) in [5.41, 5.74) is 22.9. The summed E-state index contributed by atoms with van der Waals surface area (Å²) in [4.78, 5) is 2.52. The first-order valence-corrected chi connectivity index (χ1v) is 28.5. The summed E-state index contributed by atoms with van der Waals surface area (Å²) in [6, 6.07) is 74.9. The molecule has 4 aliphatic carbocycles. The van der Waals surface area contributed by atoms with Crippen molar-refractivity contribution in [2.75, 3.05) is 4.90 Å². The van der Waals surface area contributed by atoms with E-state index in [1.54, 1.807) is 0 Å². The highest BCUT2D eigenvalue weighted by Crippen LogP contribution is 2.66. The molecule has 18 rings (SSSR count). The minimum Gasteiger partial charge on any atom is -0.456 e. The molecule has 0 N–H and O–H groups in total. The van der Waals surface area contributed by atoms with E-state index in [-0.39, 0.29) is 10.8 Å². The van der Waals surface area contributed by atoms with Crippen LogP contribution in [-0.4, -0.2) is 0 Å². The fourth-order valence-corrected chi connectivity index (χ4v) is 16.2. The zero-order valence-electron chi connectivity index (χ0n) is 43.3. The first-order chi connectivity index (χ1) is 38.6. The lowest BCUT2D eigenvalue weighted by molar-refractivity contribution is 0.350. The van der Waals surface area contributed by atoms with Gasteiger partial charge in [-0.1, -0.05) is 166 Å². The third-order valence-corrected chi connectivity index (χ3v) is 19.4. The van der Waals surface area contributed by atoms with Gasteiger partial charge in [0.25, 0.3) is 0 Å². The normalized spacial score (nSPS) is 16.5. The molecule has 4 heteroatoms. The average molecular weight is 1000 g/mol. The van der Waals surface area contributed by atoms with Crippen molar-refractivity contribution in [3.05, 3.63) is 222 Å². The van der Waals surface area contributed by atoms with Crippen LogP contribution in [0.1, 0.15) is 86.5 Å². The van der Waals surface area contributed by atoms with Gasteiger partial charge in [-0.15, -0.1) is 0 Å². The van der Waals surface area contributed by atoms with Crippen molar-refractivity contribution < 1.29 is 13.6 Å². The van der Waals surface area contributed by atoms with E-state index >= 15 is 0 Å². The van der Waals surface area contributed by atoms with Crippen molar-refractivity contribution >= 4 is 82.5 Å². The minimum atomic E-state index is -0.151. The second-order valence-electron chi connectivity index (χ2n) is 23.1. The van der Waals surface area contributed by atoms with E-state index in [0.29, 0.717) is 0 Å². The summed E-state index contributed by atoms with van der Waals surface area (Å²) in [6.07, 6.45) is 11.7. The number of hydrogen-bond acceptors (Lipinski definition) is 4. The van der Waals surface area contributed by atoms with Gasteiger partial charge in [-0.05, 0) is 187 Å². The Balaban J connectivity index is 0.871. The first kappa shape index (κ1) is 43.3. The maximum absolute atomic E-state index is 7.60. The van der Waals surface area contributed by atoms with Crippen LogP contribution in [0.2, 0.25) is 0 Å². The van der Waals surface area contributed by atoms with Crippen LogP contribution in [0.5, 0.6) is 11.5 Å². The Bertz CT molecular complexity index is 4450. The van der Waals surface area contributed by atoms with Gasteiger partial charge in [0, 0.05) is 38.1 Å². The second kappa shape index (κ2) is 15.9. The highest BCUT2D eigenvalue weighted by atomic mass is 16.5. The van der Waals surface area contributed by atoms with Gasteiger partial charge in [0.2, 0.25) is 0 Å². The van der Waals surface area contributed by atoms with Crippen LogP contribution in [0, 0.1) is 0 Å². The van der Waals surface area contributed by atoms with E-state index in [1.165, 1.54) is 138 Å². The lowest BCUT2D eigenvalue weighted by atomic mass is 9.67. The number of nitrogens with zero attached hydrogens (tertiary/aromatic N) is 1. The molecule has 0 bridgehead atoms. The molecule has 1 aliphatic heterocycles. The number of anilines is 3. The summed E-state index contributed by atoms with van der Waals surface area (Å²) < 4.78 is 20.7. The molecule has 0 unspecified atom stereocenters. The molecule has 372 valence electrons. The fourth-order valence-electron chi connectivity index (χ4n) is 16.2. The summed E-state index contributed by atoms with van der Waals surface area (Å²) in [7, 11) is 0. The monoisotopic (exact) mass is 1000 g/mol. The van der Waals surface area contributed by atoms with Crippen LogP contribution in [0.3, 0.4) is 0 Å². The SMILES string of the molecule is c1ccc(N2c3cc4c(cc3Oc3cc5c(cc32)-c2c(cc(-c3cccc6oc7ccccc7c36)c3ccccc23)C52CCCCC2)C2(CCCCC2)c2cc(-c3cccc5oc6ccccc6c35)c3ccccc3c2-4)cc1. The molecule has 0 atom stereocenters. The van der Waals surface area contributed by atoms with Gasteiger partial charge in [-0.2, -0.15) is 0 Å². The van der Waals surface area contributed by atoms with Crippen molar-refractivity contribution in [2.45, 2.75) is 75.0 Å². The summed E-state index contributed by atoms with van der Waals surface area (Å²) in [5, 5.41) is 9.83. The van der Waals surface area contributed by atoms with E-state index in [1.807, 2.05) is 0 Å². The third-order valence-electron chi connectivity index (χ3n) is 19.4. The molecule has 2 aromatic heterocycles. The number of benzene rings is 11. The van der Waals surface area contributed by atoms with Gasteiger partial charge in [0.15, 0.2) is 11.5 Å². The van der Waals surface area contributed by atoms with Crippen LogP contribution in [0.15, 0.2) is 209 Å². The van der Waals surface area contributed by atoms with Gasteiger partial charge in [0.1, 0.15) is 22.3 Å². The molecule has 2 fully saturated rings. The Labute approximate surface area is 452 Å². The molecule has 13 aromatic rings. The second-order valence-corrected chi connectivity index (χ2v) is 23.1. The maximum atomic E-state index is 7.60. The number of hydrogen-bond donors (Lipinski definition) is 0. The van der Waals surface area contributed by atoms with Gasteiger partial charge in [-0.3, -0.25) is 0 Å². The average Bonchev–Trinajstić information content (AvgIpc) is 4.33. The predicted octanol–water partition coefficient (Wildman–Crippen LogP) is 21.2. The minimum absolute atomic E-state index is 0.151. The standard InChI is InChI=1S/C74H53NO3/c1-4-20-44(21-5-1)75-61-40-55-57(73(34-14-2-15-35-73)59-38-53(45-22-6-8-24-47(45)69(55)59)49-28-18-32-65-71(49)51-26-10-12-30-63(51)76-65)42-67(61)78-68-43-58-56(41-62(68)75)70-48-25-9-7-23-46(48)54(39-60(70)74(58)36-16-3-17-37-74)50-29-19-33-66-72(50)52-27-11-13-31-64(52)77-66/h1,4-13,18-33,38-43H,2-3,14-17,34-37H2. The van der Waals surface area contributed by atoms with Crippen LogP contribution in [0.25, 0.3) is 110 Å². The smallest absolute Gasteiger partial charge is 0.151 e. The van der Waals surface area contributed by atoms with E-state index in [0.717, 1.165) is 87.3 Å². The number of para-hydroxylation sites is 3. The Kier molecular flexibility index (Phi) is 8.80. The molecule has 0 radical (unpaired) electrons. The van der Waals surface area contributed by atoms with E-state index in [9.17, 15) is 0 Å². The third kappa shape index (κ3) is 5.69. The molecule has 3 heterocycles. The highest BCUT2D eigenvalue weighted by Gasteiger charge is 2.49. The summed E-state index contributed by atoms with van der Waals surface area (Å²) in [5.74, 6) is 1.87. The molecule has 2 saturated carbocycles. The molecule has 4 nitrogen and oxygen atoms in total. The largest absolute Gasteiger partial charge is 0.456 e. The van der Waals surface area contributed by atoms with Crippen molar-refractivity contribution in [3.63, 3.8) is 0 Å². The number of furan rings is 2. The molecule has 0 saturated heterocycles. The predicted molar refractivity (Wildman–Crippen MR) is 320 cm³/mol. The Morgan fingerprint density at radius 2 is 0.718 bits per heavy atom. The zero-order chi connectivity index (χ0) is 50.8. The maximum Gasteiger partial charge on any atom is 0.151 e. The molecular formula is C74H53NO3. The van der Waals surface area contributed by atoms with Crippen molar-refractivity contribution in [1.29, 1.82) is 0 Å². The Hall–Kier alpha value is -8.86. The molecule has 2 spiro atoms. The summed E-state index contributed by atoms with van der Waals surface area (Å²) in [6.45, 7) is 0. The number of ether oxygens (including phenoxy) is 1. The van der Waals surface area contributed by atoms with Gasteiger partial charge in [-0.25, -0.2) is 0 Å². The quantitative estimate of drug-likeness (QED) is 0.177. The van der Waals surface area contributed by atoms with Crippen LogP contribution < -0.4 is 9.64 Å². The highest BCUT2D eigenvalue weighted by molar-refractivity contribution is 6.20.